The van der Waals surface area contributed by atoms with E-state index >= 15 is 0 Å². The normalized spacial score (nSPS) is 12.4. The van der Waals surface area contributed by atoms with Crippen molar-refractivity contribution >= 4 is 34.9 Å². The molecule has 1 aliphatic heterocycles. The van der Waals surface area contributed by atoms with Crippen LogP contribution in [0, 0.1) is 6.92 Å². The Morgan fingerprint density at radius 2 is 2.00 bits per heavy atom. The number of fused-ring (bicyclic) bond motifs is 2. The van der Waals surface area contributed by atoms with Gasteiger partial charge in [-0.1, -0.05) is 6.07 Å². The lowest BCUT2D eigenvalue weighted by Crippen LogP contribution is -2.08. The molecule has 2 aromatic carbocycles. The number of nitrogens with zero attached hydrogens (tertiary/aromatic N) is 1. The number of aldehydes is 1. The van der Waals surface area contributed by atoms with Gasteiger partial charge in [0.25, 0.3) is 0 Å². The van der Waals surface area contributed by atoms with Gasteiger partial charge in [-0.3, -0.25) is 9.59 Å². The average molecular weight is 359 g/mol. The summed E-state index contributed by atoms with van der Waals surface area (Å²) in [4.78, 5) is 28.3. The highest BCUT2D eigenvalue weighted by Gasteiger charge is 2.24. The van der Waals surface area contributed by atoms with Crippen LogP contribution in [0.1, 0.15) is 31.8 Å². The van der Waals surface area contributed by atoms with Crippen molar-refractivity contribution in [2.45, 2.75) is 13.3 Å². The molecule has 2 heterocycles. The molecule has 0 aliphatic carbocycles. The van der Waals surface area contributed by atoms with Crippen molar-refractivity contribution in [3.8, 4) is 5.75 Å². The first kappa shape index (κ1) is 16.8. The van der Waals surface area contributed by atoms with Gasteiger partial charge < -0.3 is 15.7 Å². The zero-order valence-corrected chi connectivity index (χ0v) is 14.6. The van der Waals surface area contributed by atoms with E-state index in [1.165, 1.54) is 0 Å². The van der Waals surface area contributed by atoms with E-state index in [1.54, 1.807) is 48.7 Å². The van der Waals surface area contributed by atoms with E-state index in [2.05, 4.69) is 15.6 Å². The van der Waals surface area contributed by atoms with Gasteiger partial charge in [0.2, 0.25) is 0 Å². The second-order valence-electron chi connectivity index (χ2n) is 6.47. The van der Waals surface area contributed by atoms with Crippen LogP contribution in [0.2, 0.25) is 0 Å². The van der Waals surface area contributed by atoms with E-state index in [4.69, 9.17) is 0 Å². The lowest BCUT2D eigenvalue weighted by atomic mass is 10.0. The maximum atomic E-state index is 13.0. The number of Topliss-reactive ketones (excluding diaryl/α,β-unsaturated/α-hetero) is 1. The van der Waals surface area contributed by atoms with Gasteiger partial charge in [-0.25, -0.2) is 4.98 Å². The predicted octanol–water partition coefficient (Wildman–Crippen LogP) is 4.13. The molecule has 0 saturated heterocycles. The molecule has 0 fully saturated rings. The first-order valence-corrected chi connectivity index (χ1v) is 8.49. The van der Waals surface area contributed by atoms with Crippen LogP contribution in [-0.2, 0) is 6.42 Å². The van der Waals surface area contributed by atoms with Gasteiger partial charge in [-0.2, -0.15) is 0 Å². The summed E-state index contributed by atoms with van der Waals surface area (Å²) in [5.74, 6) is 0.495. The summed E-state index contributed by atoms with van der Waals surface area (Å²) in [5.41, 5.74) is 4.73. The number of nitrogens with one attached hydrogen (secondary N) is 2. The van der Waals surface area contributed by atoms with E-state index in [-0.39, 0.29) is 18.0 Å². The van der Waals surface area contributed by atoms with Crippen molar-refractivity contribution in [2.24, 2.45) is 0 Å². The lowest BCUT2D eigenvalue weighted by Gasteiger charge is -2.15. The summed E-state index contributed by atoms with van der Waals surface area (Å²) in [5, 5.41) is 16.2. The standard InChI is InChI=1S/C21H17N3O3/c1-12-2-4-15(26)10-18(12)23-17-6-7-22-21-20(17)19(27)9-14-8-13(11-25)3-5-16(14)24-21/h2-8,10-11,26H,9H2,1H3,(H2,22,23,24). The number of carbonyl (C=O) groups is 2. The number of benzene rings is 2. The molecule has 0 spiro atoms. The Bertz CT molecular complexity index is 1080. The van der Waals surface area contributed by atoms with Gasteiger partial charge >= 0.3 is 0 Å². The number of aromatic hydroxyl groups is 1. The monoisotopic (exact) mass is 359 g/mol. The molecule has 0 saturated carbocycles. The van der Waals surface area contributed by atoms with Crippen LogP contribution in [0.15, 0.2) is 48.7 Å². The summed E-state index contributed by atoms with van der Waals surface area (Å²) in [6, 6.07) is 12.0. The molecule has 0 atom stereocenters. The number of anilines is 4. The maximum Gasteiger partial charge on any atom is 0.173 e. The molecule has 0 radical (unpaired) electrons. The summed E-state index contributed by atoms with van der Waals surface area (Å²) in [6.45, 7) is 1.92. The minimum Gasteiger partial charge on any atom is -0.508 e. The fourth-order valence-electron chi connectivity index (χ4n) is 3.18. The number of pyridine rings is 1. The predicted molar refractivity (Wildman–Crippen MR) is 104 cm³/mol. The highest BCUT2D eigenvalue weighted by atomic mass is 16.3. The summed E-state index contributed by atoms with van der Waals surface area (Å²) in [6.07, 6.45) is 2.54. The second-order valence-corrected chi connectivity index (χ2v) is 6.47. The Hall–Kier alpha value is -3.67. The van der Waals surface area contributed by atoms with E-state index in [9.17, 15) is 14.7 Å². The van der Waals surface area contributed by atoms with Gasteiger partial charge in [0, 0.05) is 35.6 Å². The second kappa shape index (κ2) is 6.57. The maximum absolute atomic E-state index is 13.0. The third-order valence-electron chi connectivity index (χ3n) is 4.59. The molecule has 0 unspecified atom stereocenters. The number of phenols is 1. The molecule has 27 heavy (non-hydrogen) atoms. The van der Waals surface area contributed by atoms with Crippen LogP contribution in [0.3, 0.4) is 0 Å². The van der Waals surface area contributed by atoms with Crippen LogP contribution >= 0.6 is 0 Å². The van der Waals surface area contributed by atoms with Crippen molar-refractivity contribution in [1.29, 1.82) is 0 Å². The zero-order valence-electron chi connectivity index (χ0n) is 14.6. The summed E-state index contributed by atoms with van der Waals surface area (Å²) in [7, 11) is 0. The molecular weight excluding hydrogens is 342 g/mol. The number of phenolic OH excluding ortho intramolecular Hbond substituents is 1. The number of aromatic nitrogens is 1. The van der Waals surface area contributed by atoms with E-state index in [0.717, 1.165) is 23.1 Å². The Labute approximate surface area is 155 Å². The van der Waals surface area contributed by atoms with Gasteiger partial charge in [0.1, 0.15) is 17.9 Å². The number of aryl methyl sites for hydroxylation is 1. The third-order valence-corrected chi connectivity index (χ3v) is 4.59. The quantitative estimate of drug-likeness (QED) is 0.609. The van der Waals surface area contributed by atoms with E-state index in [1.807, 2.05) is 6.92 Å². The van der Waals surface area contributed by atoms with Crippen LogP contribution in [0.5, 0.6) is 5.75 Å². The zero-order chi connectivity index (χ0) is 19.0. The SMILES string of the molecule is Cc1ccc(O)cc1Nc1ccnc2c1C(=O)Cc1cc(C=O)ccc1N2. The Morgan fingerprint density at radius 1 is 1.15 bits per heavy atom. The van der Waals surface area contributed by atoms with Crippen molar-refractivity contribution in [3.05, 3.63) is 70.9 Å². The Balaban J connectivity index is 1.77. The van der Waals surface area contributed by atoms with Crippen LogP contribution in [0.25, 0.3) is 0 Å². The molecule has 6 nitrogen and oxygen atoms in total. The highest BCUT2D eigenvalue weighted by Crippen LogP contribution is 2.35. The molecular formula is C21H17N3O3. The van der Waals surface area contributed by atoms with Crippen LogP contribution in [-0.4, -0.2) is 22.2 Å². The number of ketones is 1. The van der Waals surface area contributed by atoms with Crippen LogP contribution in [0.4, 0.5) is 22.9 Å². The van der Waals surface area contributed by atoms with E-state index in [0.29, 0.717) is 28.3 Å². The molecule has 3 aromatic rings. The summed E-state index contributed by atoms with van der Waals surface area (Å²) < 4.78 is 0. The number of carbonyl (C=O) groups excluding carboxylic acids is 2. The van der Waals surface area contributed by atoms with Crippen molar-refractivity contribution in [1.82, 2.24) is 4.98 Å². The molecule has 1 aromatic heterocycles. The minimum atomic E-state index is -0.104. The highest BCUT2D eigenvalue weighted by molar-refractivity contribution is 6.09. The first-order valence-electron chi connectivity index (χ1n) is 8.49. The Kier molecular flexibility index (Phi) is 4.08. The van der Waals surface area contributed by atoms with Gasteiger partial charge in [-0.15, -0.1) is 0 Å². The molecule has 1 aliphatic rings. The number of hydrogen-bond donors (Lipinski definition) is 3. The van der Waals surface area contributed by atoms with E-state index < -0.39 is 0 Å². The van der Waals surface area contributed by atoms with Gasteiger partial charge in [0.15, 0.2) is 5.78 Å². The lowest BCUT2D eigenvalue weighted by molar-refractivity contribution is 0.0994. The fourth-order valence-corrected chi connectivity index (χ4v) is 3.18. The van der Waals surface area contributed by atoms with Crippen molar-refractivity contribution in [2.75, 3.05) is 10.6 Å². The molecule has 0 amide bonds. The molecule has 0 bridgehead atoms. The Morgan fingerprint density at radius 3 is 2.81 bits per heavy atom. The van der Waals surface area contributed by atoms with Gasteiger partial charge in [0.05, 0.1) is 11.3 Å². The summed E-state index contributed by atoms with van der Waals surface area (Å²) >= 11 is 0. The smallest absolute Gasteiger partial charge is 0.173 e. The van der Waals surface area contributed by atoms with Gasteiger partial charge in [-0.05, 0) is 48.4 Å². The molecule has 3 N–H and O–H groups in total. The van der Waals surface area contributed by atoms with Crippen LogP contribution < -0.4 is 10.6 Å². The third kappa shape index (κ3) is 3.13. The minimum absolute atomic E-state index is 0.104. The fraction of sp³-hybridized carbons (Fsp3) is 0.0952. The van der Waals surface area contributed by atoms with Crippen molar-refractivity contribution in [3.63, 3.8) is 0 Å². The first-order chi connectivity index (χ1) is 13.0. The number of rotatable bonds is 3. The average Bonchev–Trinajstić information content (AvgIpc) is 2.80. The van der Waals surface area contributed by atoms with Crippen molar-refractivity contribution < 1.29 is 14.7 Å². The molecule has 134 valence electrons. The largest absolute Gasteiger partial charge is 0.508 e. The topological polar surface area (TPSA) is 91.3 Å². The number of hydrogen-bond acceptors (Lipinski definition) is 6. The molecule has 6 heteroatoms. The molecule has 4 rings (SSSR count).